The minimum absolute atomic E-state index is 0.511. The monoisotopic (exact) mass is 264 g/mol. The van der Waals surface area contributed by atoms with E-state index in [2.05, 4.69) is 33.6 Å². The zero-order valence-electron chi connectivity index (χ0n) is 12.4. The van der Waals surface area contributed by atoms with Gasteiger partial charge in [-0.25, -0.2) is 4.98 Å². The molecule has 0 spiro atoms. The number of nitrogens with zero attached hydrogens (tertiary/aromatic N) is 3. The average Bonchev–Trinajstić information content (AvgIpc) is 2.78. The van der Waals surface area contributed by atoms with Crippen LogP contribution in [-0.4, -0.2) is 46.2 Å². The number of aromatic nitrogens is 2. The van der Waals surface area contributed by atoms with Gasteiger partial charge in [-0.2, -0.15) is 0 Å². The molecule has 108 valence electrons. The molecule has 2 heterocycles. The molecule has 4 nitrogen and oxygen atoms in total. The van der Waals surface area contributed by atoms with Crippen LogP contribution < -0.4 is 5.32 Å². The lowest BCUT2D eigenvalue weighted by Crippen LogP contribution is -2.39. The molecule has 1 N–H and O–H groups in total. The third kappa shape index (κ3) is 4.96. The molecule has 1 saturated heterocycles. The Morgan fingerprint density at radius 1 is 1.37 bits per heavy atom. The summed E-state index contributed by atoms with van der Waals surface area (Å²) < 4.78 is 2.15. The van der Waals surface area contributed by atoms with Crippen LogP contribution in [0.4, 0.5) is 0 Å². The minimum atomic E-state index is 0.511. The van der Waals surface area contributed by atoms with Gasteiger partial charge in [0.2, 0.25) is 0 Å². The molecule has 0 aliphatic carbocycles. The molecule has 0 amide bonds. The summed E-state index contributed by atoms with van der Waals surface area (Å²) in [5.41, 5.74) is 0. The molecule has 19 heavy (non-hydrogen) atoms. The fourth-order valence-electron chi connectivity index (χ4n) is 3.03. The Kier molecular flexibility index (Phi) is 5.86. The van der Waals surface area contributed by atoms with Crippen LogP contribution in [0.1, 0.15) is 39.5 Å². The van der Waals surface area contributed by atoms with E-state index in [-0.39, 0.29) is 0 Å². The Labute approximate surface area is 117 Å². The van der Waals surface area contributed by atoms with Gasteiger partial charge in [-0.05, 0) is 52.2 Å². The van der Waals surface area contributed by atoms with E-state index in [4.69, 9.17) is 0 Å². The second-order valence-electron chi connectivity index (χ2n) is 5.80. The summed E-state index contributed by atoms with van der Waals surface area (Å²) in [5.74, 6) is 0. The molecule has 0 bridgehead atoms. The molecule has 0 aromatic carbocycles. The topological polar surface area (TPSA) is 33.1 Å². The number of rotatable bonds is 6. The van der Waals surface area contributed by atoms with Gasteiger partial charge in [0.05, 0.1) is 6.33 Å². The first-order chi connectivity index (χ1) is 9.28. The van der Waals surface area contributed by atoms with Gasteiger partial charge in [-0.1, -0.05) is 6.92 Å². The lowest BCUT2D eigenvalue weighted by atomic mass is 10.1. The van der Waals surface area contributed by atoms with Crippen LogP contribution in [0.15, 0.2) is 18.7 Å². The second kappa shape index (κ2) is 7.65. The molecule has 1 aliphatic rings. The zero-order chi connectivity index (χ0) is 13.5. The van der Waals surface area contributed by atoms with Crippen LogP contribution in [0.3, 0.4) is 0 Å². The van der Waals surface area contributed by atoms with Crippen LogP contribution >= 0.6 is 0 Å². The SMILES string of the molecule is CCCN1CCCC(NC(C)Cn2ccnc2)CC1. The predicted octanol–water partition coefficient (Wildman–Crippen LogP) is 2.13. The molecule has 0 radical (unpaired) electrons. The van der Waals surface area contributed by atoms with Crippen molar-refractivity contribution in [1.29, 1.82) is 0 Å². The number of nitrogens with one attached hydrogen (secondary N) is 1. The van der Waals surface area contributed by atoms with Crippen molar-refractivity contribution >= 4 is 0 Å². The van der Waals surface area contributed by atoms with E-state index < -0.39 is 0 Å². The Hall–Kier alpha value is -0.870. The lowest BCUT2D eigenvalue weighted by molar-refractivity contribution is 0.280. The highest BCUT2D eigenvalue weighted by Crippen LogP contribution is 2.12. The van der Waals surface area contributed by atoms with Gasteiger partial charge >= 0.3 is 0 Å². The molecule has 1 aliphatic heterocycles. The van der Waals surface area contributed by atoms with Crippen molar-refractivity contribution in [2.75, 3.05) is 19.6 Å². The molecule has 2 atom stereocenters. The quantitative estimate of drug-likeness (QED) is 0.854. The van der Waals surface area contributed by atoms with E-state index in [1.165, 1.54) is 45.3 Å². The van der Waals surface area contributed by atoms with Gasteiger partial charge in [0.25, 0.3) is 0 Å². The van der Waals surface area contributed by atoms with Gasteiger partial charge in [-0.15, -0.1) is 0 Å². The van der Waals surface area contributed by atoms with E-state index in [9.17, 15) is 0 Å². The van der Waals surface area contributed by atoms with Crippen molar-refractivity contribution in [1.82, 2.24) is 19.8 Å². The van der Waals surface area contributed by atoms with Crippen molar-refractivity contribution in [3.63, 3.8) is 0 Å². The maximum Gasteiger partial charge on any atom is 0.0946 e. The Morgan fingerprint density at radius 2 is 2.26 bits per heavy atom. The summed E-state index contributed by atoms with van der Waals surface area (Å²) in [7, 11) is 0. The normalized spacial score (nSPS) is 23.2. The minimum Gasteiger partial charge on any atom is -0.336 e. The third-order valence-corrected chi connectivity index (χ3v) is 3.92. The Bertz CT molecular complexity index is 336. The van der Waals surface area contributed by atoms with E-state index in [0.29, 0.717) is 12.1 Å². The highest BCUT2D eigenvalue weighted by Gasteiger charge is 2.17. The third-order valence-electron chi connectivity index (χ3n) is 3.92. The number of likely N-dealkylation sites (tertiary alicyclic amines) is 1. The second-order valence-corrected chi connectivity index (χ2v) is 5.80. The van der Waals surface area contributed by atoms with Gasteiger partial charge in [0.1, 0.15) is 0 Å². The number of hydrogen-bond donors (Lipinski definition) is 1. The van der Waals surface area contributed by atoms with Gasteiger partial charge in [0.15, 0.2) is 0 Å². The first kappa shape index (κ1) is 14.5. The summed E-state index contributed by atoms with van der Waals surface area (Å²) in [4.78, 5) is 6.71. The number of hydrogen-bond acceptors (Lipinski definition) is 3. The molecule has 1 aromatic rings. The molecular weight excluding hydrogens is 236 g/mol. The summed E-state index contributed by atoms with van der Waals surface area (Å²) in [6.07, 6.45) is 11.0. The highest BCUT2D eigenvalue weighted by atomic mass is 15.1. The summed E-state index contributed by atoms with van der Waals surface area (Å²) in [6.45, 7) is 9.35. The fourth-order valence-corrected chi connectivity index (χ4v) is 3.03. The summed E-state index contributed by atoms with van der Waals surface area (Å²) in [5, 5.41) is 3.78. The van der Waals surface area contributed by atoms with E-state index >= 15 is 0 Å². The summed E-state index contributed by atoms with van der Waals surface area (Å²) in [6, 6.07) is 1.19. The van der Waals surface area contributed by atoms with Crippen molar-refractivity contribution in [3.8, 4) is 0 Å². The van der Waals surface area contributed by atoms with Crippen LogP contribution in [-0.2, 0) is 6.54 Å². The first-order valence-electron chi connectivity index (χ1n) is 7.72. The van der Waals surface area contributed by atoms with Crippen LogP contribution in [0.25, 0.3) is 0 Å². The van der Waals surface area contributed by atoms with E-state index in [1.54, 1.807) is 0 Å². The van der Waals surface area contributed by atoms with Crippen molar-refractivity contribution in [2.45, 2.75) is 58.2 Å². The van der Waals surface area contributed by atoms with Gasteiger partial charge < -0.3 is 14.8 Å². The molecule has 0 saturated carbocycles. The molecule has 2 rings (SSSR count). The average molecular weight is 264 g/mol. The molecule has 2 unspecified atom stereocenters. The smallest absolute Gasteiger partial charge is 0.0946 e. The Balaban J connectivity index is 1.73. The van der Waals surface area contributed by atoms with E-state index in [1.807, 2.05) is 18.7 Å². The van der Waals surface area contributed by atoms with Crippen molar-refractivity contribution in [3.05, 3.63) is 18.7 Å². The molecule has 4 heteroatoms. The maximum absolute atomic E-state index is 4.10. The first-order valence-corrected chi connectivity index (χ1v) is 7.72. The molecule has 1 fully saturated rings. The van der Waals surface area contributed by atoms with Gasteiger partial charge in [0, 0.05) is 31.0 Å². The van der Waals surface area contributed by atoms with E-state index in [0.717, 1.165) is 6.54 Å². The van der Waals surface area contributed by atoms with Crippen molar-refractivity contribution in [2.24, 2.45) is 0 Å². The van der Waals surface area contributed by atoms with Crippen molar-refractivity contribution < 1.29 is 0 Å². The molecule has 1 aromatic heterocycles. The largest absolute Gasteiger partial charge is 0.336 e. The van der Waals surface area contributed by atoms with Crippen LogP contribution in [0.2, 0.25) is 0 Å². The summed E-state index contributed by atoms with van der Waals surface area (Å²) >= 11 is 0. The zero-order valence-corrected chi connectivity index (χ0v) is 12.4. The molecular formula is C15H28N4. The van der Waals surface area contributed by atoms with Crippen LogP contribution in [0.5, 0.6) is 0 Å². The predicted molar refractivity (Wildman–Crippen MR) is 79.2 cm³/mol. The Morgan fingerprint density at radius 3 is 3.00 bits per heavy atom. The lowest BCUT2D eigenvalue weighted by Gasteiger charge is -2.23. The number of imidazole rings is 1. The van der Waals surface area contributed by atoms with Crippen LogP contribution in [0, 0.1) is 0 Å². The fraction of sp³-hybridized carbons (Fsp3) is 0.800. The highest BCUT2D eigenvalue weighted by molar-refractivity contribution is 4.80. The standard InChI is InChI=1S/C15H28N4/c1-3-8-18-9-4-5-15(6-10-18)17-14(2)12-19-11-7-16-13-19/h7,11,13-15,17H,3-6,8-10,12H2,1-2H3. The van der Waals surface area contributed by atoms with Gasteiger partial charge in [-0.3, -0.25) is 0 Å². The maximum atomic E-state index is 4.10.